The predicted octanol–water partition coefficient (Wildman–Crippen LogP) is 1.21. The molecule has 0 aromatic heterocycles. The van der Waals surface area contributed by atoms with E-state index in [1.807, 2.05) is 28.2 Å². The molecule has 0 amide bonds. The molecule has 0 aliphatic carbocycles. The molecule has 0 aromatic carbocycles. The van der Waals surface area contributed by atoms with Crippen molar-refractivity contribution in [1.82, 2.24) is 14.7 Å². The van der Waals surface area contributed by atoms with Crippen molar-refractivity contribution in [3.63, 3.8) is 0 Å². The maximum Gasteiger partial charge on any atom is 0.195 e. The topological polar surface area (TPSA) is 31.3 Å². The smallest absolute Gasteiger partial charge is 0.195 e. The molecule has 0 aromatic rings. The van der Waals surface area contributed by atoms with Crippen LogP contribution >= 0.6 is 0 Å². The van der Waals surface area contributed by atoms with Crippen LogP contribution in [0, 0.1) is 5.92 Å². The Morgan fingerprint density at radius 3 is 2.10 bits per heavy atom. The summed E-state index contributed by atoms with van der Waals surface area (Å²) < 4.78 is 5.46. The fourth-order valence-electron chi connectivity index (χ4n) is 2.70. The quantitative estimate of drug-likeness (QED) is 0.561. The first-order chi connectivity index (χ1) is 9.41. The number of rotatable bonds is 5. The molecule has 1 saturated heterocycles. The van der Waals surface area contributed by atoms with Gasteiger partial charge in [0, 0.05) is 47.3 Å². The minimum Gasteiger partial charge on any atom is -0.379 e. The van der Waals surface area contributed by atoms with Gasteiger partial charge in [-0.05, 0) is 12.3 Å². The lowest BCUT2D eigenvalue weighted by Crippen LogP contribution is -2.46. The fourth-order valence-corrected chi connectivity index (χ4v) is 2.70. The van der Waals surface area contributed by atoms with Gasteiger partial charge in [0.25, 0.3) is 0 Å². The molecule has 0 N–H and O–H groups in total. The van der Waals surface area contributed by atoms with Crippen LogP contribution in [0.25, 0.3) is 0 Å². The third-order valence-corrected chi connectivity index (χ3v) is 3.55. The van der Waals surface area contributed by atoms with Crippen LogP contribution < -0.4 is 0 Å². The second-order valence-corrected chi connectivity index (χ2v) is 6.36. The molecule has 1 atom stereocenters. The minimum absolute atomic E-state index is 0.522. The second kappa shape index (κ2) is 8.47. The highest BCUT2D eigenvalue weighted by Crippen LogP contribution is 2.14. The number of nitrogens with zero attached hydrogens (tertiary/aromatic N) is 4. The van der Waals surface area contributed by atoms with Crippen LogP contribution in [0.4, 0.5) is 0 Å². The van der Waals surface area contributed by atoms with Crippen LogP contribution in [0.1, 0.15) is 20.3 Å². The highest BCUT2D eigenvalue weighted by molar-refractivity contribution is 5.79. The summed E-state index contributed by atoms with van der Waals surface area (Å²) in [6, 6.07) is 0.522. The highest BCUT2D eigenvalue weighted by atomic mass is 16.5. The summed E-state index contributed by atoms with van der Waals surface area (Å²) in [7, 11) is 8.19. The summed E-state index contributed by atoms with van der Waals surface area (Å²) in [4.78, 5) is 11.5. The highest BCUT2D eigenvalue weighted by Gasteiger charge is 2.22. The van der Waals surface area contributed by atoms with Gasteiger partial charge >= 0.3 is 0 Å². The van der Waals surface area contributed by atoms with E-state index in [4.69, 9.17) is 9.73 Å². The first kappa shape index (κ1) is 17.2. The van der Waals surface area contributed by atoms with E-state index in [1.54, 1.807) is 0 Å². The Bertz CT molecular complexity index is 286. The average molecular weight is 284 g/mol. The molecular weight excluding hydrogens is 252 g/mol. The molecule has 0 bridgehead atoms. The van der Waals surface area contributed by atoms with Crippen molar-refractivity contribution >= 4 is 5.96 Å². The minimum atomic E-state index is 0.522. The Balaban J connectivity index is 2.70. The van der Waals surface area contributed by atoms with Crippen LogP contribution in [0.15, 0.2) is 4.99 Å². The fraction of sp³-hybridized carbons (Fsp3) is 0.933. The maximum absolute atomic E-state index is 5.46. The third kappa shape index (κ3) is 5.67. The van der Waals surface area contributed by atoms with E-state index in [-0.39, 0.29) is 0 Å². The van der Waals surface area contributed by atoms with Crippen LogP contribution in [-0.4, -0.2) is 87.7 Å². The molecule has 5 nitrogen and oxygen atoms in total. The molecule has 20 heavy (non-hydrogen) atoms. The predicted molar refractivity (Wildman–Crippen MR) is 85.3 cm³/mol. The molecule has 0 unspecified atom stereocenters. The van der Waals surface area contributed by atoms with Crippen LogP contribution in [0.3, 0.4) is 0 Å². The Kier molecular flexibility index (Phi) is 7.30. The first-order valence-electron chi connectivity index (χ1n) is 7.62. The standard InChI is InChI=1S/C15H32N4O/c1-13(2)11-14(19-7-9-20-10-8-19)12-16-15(17(3)4)18(5)6/h13-14H,7-12H2,1-6H3/t14-/m1/s1. The Hall–Kier alpha value is -0.810. The van der Waals surface area contributed by atoms with Crippen molar-refractivity contribution in [3.05, 3.63) is 0 Å². The van der Waals surface area contributed by atoms with Gasteiger partial charge < -0.3 is 14.5 Å². The number of aliphatic imine (C=N–C) groups is 1. The van der Waals surface area contributed by atoms with E-state index in [1.165, 1.54) is 6.42 Å². The van der Waals surface area contributed by atoms with Crippen molar-refractivity contribution < 1.29 is 4.74 Å². The average Bonchev–Trinajstić information content (AvgIpc) is 2.37. The van der Waals surface area contributed by atoms with Gasteiger partial charge in [0.2, 0.25) is 0 Å². The zero-order valence-electron chi connectivity index (χ0n) is 14.1. The Morgan fingerprint density at radius 1 is 1.10 bits per heavy atom. The van der Waals surface area contributed by atoms with Crippen LogP contribution in [-0.2, 0) is 4.74 Å². The van der Waals surface area contributed by atoms with Gasteiger partial charge in [-0.1, -0.05) is 13.8 Å². The van der Waals surface area contributed by atoms with Gasteiger partial charge in [0.05, 0.1) is 19.8 Å². The van der Waals surface area contributed by atoms with Crippen molar-refractivity contribution in [2.24, 2.45) is 10.9 Å². The van der Waals surface area contributed by atoms with E-state index in [0.29, 0.717) is 12.0 Å². The summed E-state index contributed by atoms with van der Waals surface area (Å²) in [5.41, 5.74) is 0. The summed E-state index contributed by atoms with van der Waals surface area (Å²) in [5, 5.41) is 0. The maximum atomic E-state index is 5.46. The number of hydrogen-bond donors (Lipinski definition) is 0. The summed E-state index contributed by atoms with van der Waals surface area (Å²) >= 11 is 0. The summed E-state index contributed by atoms with van der Waals surface area (Å²) in [5.74, 6) is 1.73. The SMILES string of the molecule is CC(C)C[C@H](CN=C(N(C)C)N(C)C)N1CCOCC1. The third-order valence-electron chi connectivity index (χ3n) is 3.55. The van der Waals surface area contributed by atoms with Crippen LogP contribution in [0.2, 0.25) is 0 Å². The van der Waals surface area contributed by atoms with Gasteiger partial charge in [0.15, 0.2) is 5.96 Å². The lowest BCUT2D eigenvalue weighted by atomic mass is 10.0. The number of hydrogen-bond acceptors (Lipinski definition) is 3. The molecule has 1 aliphatic heterocycles. The molecule has 0 saturated carbocycles. The molecule has 0 spiro atoms. The molecule has 0 radical (unpaired) electrons. The monoisotopic (exact) mass is 284 g/mol. The number of morpholine rings is 1. The van der Waals surface area contributed by atoms with Gasteiger partial charge in [-0.25, -0.2) is 0 Å². The summed E-state index contributed by atoms with van der Waals surface area (Å²) in [6.45, 7) is 9.22. The van der Waals surface area contributed by atoms with E-state index >= 15 is 0 Å². The molecule has 1 heterocycles. The molecular formula is C15H32N4O. The lowest BCUT2D eigenvalue weighted by molar-refractivity contribution is 0.0142. The van der Waals surface area contributed by atoms with Crippen molar-refractivity contribution in [2.45, 2.75) is 26.3 Å². The number of ether oxygens (including phenoxy) is 1. The van der Waals surface area contributed by atoms with Gasteiger partial charge in [-0.15, -0.1) is 0 Å². The second-order valence-electron chi connectivity index (χ2n) is 6.36. The van der Waals surface area contributed by atoms with E-state index < -0.39 is 0 Å². The Morgan fingerprint density at radius 2 is 1.65 bits per heavy atom. The van der Waals surface area contributed by atoms with E-state index in [0.717, 1.165) is 38.8 Å². The molecule has 118 valence electrons. The molecule has 1 rings (SSSR count). The Labute approximate surface area is 124 Å². The zero-order chi connectivity index (χ0) is 15.1. The zero-order valence-corrected chi connectivity index (χ0v) is 14.1. The lowest BCUT2D eigenvalue weighted by Gasteiger charge is -2.35. The van der Waals surface area contributed by atoms with Gasteiger partial charge in [-0.2, -0.15) is 0 Å². The van der Waals surface area contributed by atoms with Crippen LogP contribution in [0.5, 0.6) is 0 Å². The normalized spacial score (nSPS) is 17.9. The largest absolute Gasteiger partial charge is 0.379 e. The van der Waals surface area contributed by atoms with Gasteiger partial charge in [-0.3, -0.25) is 9.89 Å². The van der Waals surface area contributed by atoms with Crippen molar-refractivity contribution in [2.75, 3.05) is 61.0 Å². The first-order valence-corrected chi connectivity index (χ1v) is 7.62. The summed E-state index contributed by atoms with van der Waals surface area (Å²) in [6.07, 6.45) is 1.19. The molecule has 1 fully saturated rings. The number of guanidine groups is 1. The van der Waals surface area contributed by atoms with Crippen molar-refractivity contribution in [3.8, 4) is 0 Å². The van der Waals surface area contributed by atoms with E-state index in [9.17, 15) is 0 Å². The molecule has 1 aliphatic rings. The van der Waals surface area contributed by atoms with Crippen molar-refractivity contribution in [1.29, 1.82) is 0 Å². The molecule has 5 heteroatoms. The van der Waals surface area contributed by atoms with E-state index in [2.05, 4.69) is 28.5 Å². The van der Waals surface area contributed by atoms with Gasteiger partial charge in [0.1, 0.15) is 0 Å².